The molecule has 0 saturated carbocycles. The molecule has 1 aromatic rings. The minimum Gasteiger partial charge on any atom is -0.463 e. The van der Waals surface area contributed by atoms with E-state index in [1.54, 1.807) is 0 Å². The zero-order chi connectivity index (χ0) is 12.3. The minimum atomic E-state index is -0.807. The lowest BCUT2D eigenvalue weighted by Gasteiger charge is -2.07. The van der Waals surface area contributed by atoms with Gasteiger partial charge in [0.1, 0.15) is 0 Å². The van der Waals surface area contributed by atoms with Crippen LogP contribution in [0.4, 0.5) is 0 Å². The highest BCUT2D eigenvalue weighted by Crippen LogP contribution is 2.13. The fourth-order valence-corrected chi connectivity index (χ4v) is 1.46. The Bertz CT molecular complexity index is 486. The quantitative estimate of drug-likeness (QED) is 0.710. The van der Waals surface area contributed by atoms with Crippen molar-refractivity contribution in [2.45, 2.75) is 12.5 Å². The molecule has 0 bridgehead atoms. The van der Waals surface area contributed by atoms with Crippen LogP contribution in [-0.4, -0.2) is 24.6 Å². The van der Waals surface area contributed by atoms with Crippen molar-refractivity contribution in [2.24, 2.45) is 0 Å². The predicted octanol–water partition coefficient (Wildman–Crippen LogP) is 1.03. The number of ether oxygens (including phenoxy) is 2. The number of benzene rings is 1. The molecule has 1 heterocycles. The van der Waals surface area contributed by atoms with Gasteiger partial charge in [-0.1, -0.05) is 0 Å². The molecule has 0 aliphatic carbocycles. The van der Waals surface area contributed by atoms with Crippen molar-refractivity contribution in [1.29, 1.82) is 5.26 Å². The van der Waals surface area contributed by atoms with Crippen molar-refractivity contribution in [1.82, 2.24) is 0 Å². The topological polar surface area (TPSA) is 76.4 Å². The van der Waals surface area contributed by atoms with E-state index in [0.717, 1.165) is 0 Å². The Morgan fingerprint density at radius 2 is 2.12 bits per heavy atom. The molecule has 17 heavy (non-hydrogen) atoms. The lowest BCUT2D eigenvalue weighted by Crippen LogP contribution is -2.22. The summed E-state index contributed by atoms with van der Waals surface area (Å²) in [6, 6.07) is 7.96. The summed E-state index contributed by atoms with van der Waals surface area (Å²) in [7, 11) is 0. The third-order valence-electron chi connectivity index (χ3n) is 2.39. The molecule has 5 heteroatoms. The predicted molar refractivity (Wildman–Crippen MR) is 55.9 cm³/mol. The highest BCUT2D eigenvalue weighted by atomic mass is 16.6. The van der Waals surface area contributed by atoms with Gasteiger partial charge in [0, 0.05) is 6.42 Å². The molecule has 2 rings (SSSR count). The van der Waals surface area contributed by atoms with Crippen molar-refractivity contribution >= 4 is 11.9 Å². The Labute approximate surface area is 97.6 Å². The monoisotopic (exact) mass is 231 g/mol. The smallest absolute Gasteiger partial charge is 0.347 e. The molecule has 86 valence electrons. The summed E-state index contributed by atoms with van der Waals surface area (Å²) in [4.78, 5) is 22.7. The van der Waals surface area contributed by atoms with Crippen molar-refractivity contribution in [2.75, 3.05) is 6.61 Å². The van der Waals surface area contributed by atoms with Gasteiger partial charge in [-0.15, -0.1) is 0 Å². The van der Waals surface area contributed by atoms with E-state index < -0.39 is 18.0 Å². The number of esters is 2. The van der Waals surface area contributed by atoms with Crippen molar-refractivity contribution < 1.29 is 19.1 Å². The third-order valence-corrected chi connectivity index (χ3v) is 2.39. The van der Waals surface area contributed by atoms with Crippen LogP contribution in [0.2, 0.25) is 0 Å². The van der Waals surface area contributed by atoms with Crippen LogP contribution >= 0.6 is 0 Å². The van der Waals surface area contributed by atoms with Crippen molar-refractivity contribution in [3.63, 3.8) is 0 Å². The first-order chi connectivity index (χ1) is 8.20. The van der Waals surface area contributed by atoms with E-state index in [1.165, 1.54) is 24.3 Å². The van der Waals surface area contributed by atoms with Gasteiger partial charge in [0.15, 0.2) is 0 Å². The Balaban J connectivity index is 2.04. The van der Waals surface area contributed by atoms with Gasteiger partial charge < -0.3 is 9.47 Å². The Kier molecular flexibility index (Phi) is 3.06. The first-order valence-corrected chi connectivity index (χ1v) is 5.08. The lowest BCUT2D eigenvalue weighted by molar-refractivity contribution is -0.145. The third kappa shape index (κ3) is 2.42. The van der Waals surface area contributed by atoms with Crippen molar-refractivity contribution in [3.8, 4) is 6.07 Å². The minimum absolute atomic E-state index is 0.282. The second kappa shape index (κ2) is 4.66. The summed E-state index contributed by atoms with van der Waals surface area (Å²) in [6.45, 7) is 0.282. The molecule has 0 radical (unpaired) electrons. The van der Waals surface area contributed by atoms with Crippen LogP contribution in [0, 0.1) is 11.3 Å². The second-order valence-corrected chi connectivity index (χ2v) is 3.54. The number of nitrogens with zero attached hydrogens (tertiary/aromatic N) is 1. The first-order valence-electron chi connectivity index (χ1n) is 5.08. The fraction of sp³-hybridized carbons (Fsp3) is 0.250. The molecular formula is C12H9NO4. The van der Waals surface area contributed by atoms with Crippen LogP contribution in [0.15, 0.2) is 24.3 Å². The van der Waals surface area contributed by atoms with Crippen LogP contribution in [0.1, 0.15) is 22.3 Å². The summed E-state index contributed by atoms with van der Waals surface area (Å²) in [5, 5.41) is 8.60. The molecule has 1 atom stereocenters. The summed E-state index contributed by atoms with van der Waals surface area (Å²) in [5.41, 5.74) is 0.769. The standard InChI is InChI=1S/C12H9NO4/c13-7-8-1-3-9(4-2-8)11(14)17-10-5-6-16-12(10)15/h1-4,10H,5-6H2/t10-/m0/s1. The van der Waals surface area contributed by atoms with Crippen LogP contribution < -0.4 is 0 Å². The first kappa shape index (κ1) is 11.1. The van der Waals surface area contributed by atoms with Crippen LogP contribution in [0.25, 0.3) is 0 Å². The van der Waals surface area contributed by atoms with Gasteiger partial charge in [-0.25, -0.2) is 9.59 Å². The molecular weight excluding hydrogens is 222 g/mol. The molecule has 5 nitrogen and oxygen atoms in total. The van der Waals surface area contributed by atoms with E-state index in [-0.39, 0.29) is 6.61 Å². The number of hydrogen-bond acceptors (Lipinski definition) is 5. The molecule has 1 aromatic carbocycles. The average Bonchev–Trinajstić information content (AvgIpc) is 2.75. The van der Waals surface area contributed by atoms with Crippen LogP contribution in [0.5, 0.6) is 0 Å². The van der Waals surface area contributed by atoms with E-state index in [1.807, 2.05) is 6.07 Å². The van der Waals surface area contributed by atoms with Crippen LogP contribution in [0.3, 0.4) is 0 Å². The summed E-state index contributed by atoms with van der Waals surface area (Å²) in [6.07, 6.45) is -0.418. The van der Waals surface area contributed by atoms with Gasteiger partial charge in [0.2, 0.25) is 6.10 Å². The number of carbonyl (C=O) groups excluding carboxylic acids is 2. The van der Waals surface area contributed by atoms with Gasteiger partial charge in [0.05, 0.1) is 23.8 Å². The Morgan fingerprint density at radius 3 is 2.65 bits per heavy atom. The van der Waals surface area contributed by atoms with E-state index in [0.29, 0.717) is 17.5 Å². The zero-order valence-electron chi connectivity index (χ0n) is 8.88. The number of nitriles is 1. The van der Waals surface area contributed by atoms with Gasteiger partial charge >= 0.3 is 11.9 Å². The highest BCUT2D eigenvalue weighted by Gasteiger charge is 2.30. The van der Waals surface area contributed by atoms with Gasteiger partial charge in [-0.2, -0.15) is 5.26 Å². The SMILES string of the molecule is N#Cc1ccc(C(=O)O[C@H]2CCOC2=O)cc1. The zero-order valence-corrected chi connectivity index (χ0v) is 8.88. The Morgan fingerprint density at radius 1 is 1.41 bits per heavy atom. The maximum atomic E-state index is 11.6. The number of rotatable bonds is 2. The van der Waals surface area contributed by atoms with Gasteiger partial charge in [-0.3, -0.25) is 0 Å². The number of cyclic esters (lactones) is 1. The molecule has 1 saturated heterocycles. The maximum Gasteiger partial charge on any atom is 0.347 e. The summed E-state index contributed by atoms with van der Waals surface area (Å²) in [5.74, 6) is -1.09. The van der Waals surface area contributed by atoms with E-state index in [4.69, 9.17) is 10.00 Å². The number of hydrogen-bond donors (Lipinski definition) is 0. The van der Waals surface area contributed by atoms with Gasteiger partial charge in [0.25, 0.3) is 0 Å². The molecule has 0 N–H and O–H groups in total. The molecule has 0 amide bonds. The van der Waals surface area contributed by atoms with E-state index in [9.17, 15) is 9.59 Å². The van der Waals surface area contributed by atoms with E-state index in [2.05, 4.69) is 4.74 Å². The van der Waals surface area contributed by atoms with Crippen molar-refractivity contribution in [3.05, 3.63) is 35.4 Å². The summed E-state index contributed by atoms with van der Waals surface area (Å²) >= 11 is 0. The molecule has 1 aliphatic rings. The molecule has 0 aromatic heterocycles. The normalized spacial score (nSPS) is 18.3. The number of carbonyl (C=O) groups is 2. The van der Waals surface area contributed by atoms with E-state index >= 15 is 0 Å². The summed E-state index contributed by atoms with van der Waals surface area (Å²) < 4.78 is 9.67. The van der Waals surface area contributed by atoms with Gasteiger partial charge in [-0.05, 0) is 24.3 Å². The molecule has 1 aliphatic heterocycles. The largest absolute Gasteiger partial charge is 0.463 e. The molecule has 0 spiro atoms. The maximum absolute atomic E-state index is 11.6. The Hall–Kier alpha value is -2.35. The average molecular weight is 231 g/mol. The van der Waals surface area contributed by atoms with Crippen LogP contribution in [-0.2, 0) is 14.3 Å². The lowest BCUT2D eigenvalue weighted by atomic mass is 10.1. The molecule has 1 fully saturated rings. The highest BCUT2D eigenvalue weighted by molar-refractivity contribution is 5.91. The molecule has 0 unspecified atom stereocenters. The fourth-order valence-electron chi connectivity index (χ4n) is 1.46. The second-order valence-electron chi connectivity index (χ2n) is 3.54.